The highest BCUT2D eigenvalue weighted by molar-refractivity contribution is 5.90. The molecule has 2 saturated carbocycles. The summed E-state index contributed by atoms with van der Waals surface area (Å²) in [6.45, 7) is 3.14. The van der Waals surface area contributed by atoms with Crippen molar-refractivity contribution in [2.45, 2.75) is 70.0 Å². The Morgan fingerprint density at radius 1 is 1.14 bits per heavy atom. The van der Waals surface area contributed by atoms with Crippen LogP contribution in [0.2, 0.25) is 0 Å². The summed E-state index contributed by atoms with van der Waals surface area (Å²) in [6, 6.07) is 13.5. The Labute approximate surface area is 214 Å². The smallest absolute Gasteiger partial charge is 0.224 e. The van der Waals surface area contributed by atoms with E-state index in [0.717, 1.165) is 56.5 Å². The van der Waals surface area contributed by atoms with Gasteiger partial charge in [0.2, 0.25) is 5.91 Å². The van der Waals surface area contributed by atoms with Crippen molar-refractivity contribution in [2.24, 2.45) is 17.3 Å². The molecule has 6 atom stereocenters. The molecule has 0 saturated heterocycles. The lowest BCUT2D eigenvalue weighted by Gasteiger charge is -2.53. The molecule has 0 radical (unpaired) electrons. The van der Waals surface area contributed by atoms with Crippen molar-refractivity contribution >= 4 is 11.6 Å². The van der Waals surface area contributed by atoms with Gasteiger partial charge in [-0.05, 0) is 119 Å². The molecule has 0 heterocycles. The van der Waals surface area contributed by atoms with E-state index in [-0.39, 0.29) is 29.4 Å². The molecule has 0 aromatic heterocycles. The molecule has 3 aliphatic rings. The lowest BCUT2D eigenvalue weighted by atomic mass is 9.54. The third kappa shape index (κ3) is 4.85. The SMILES string of the molecule is CN(C)CCCC(=O)Nc1ccc(O[C@H]2C[C@]3(C)[C@@H](O)CC[C@H]3[C@@H]3CCc4cc(O)ccc4[C@H]32)cc1. The van der Waals surface area contributed by atoms with E-state index in [4.69, 9.17) is 4.74 Å². The summed E-state index contributed by atoms with van der Waals surface area (Å²) in [5, 5.41) is 24.0. The van der Waals surface area contributed by atoms with Gasteiger partial charge in [0.25, 0.3) is 0 Å². The van der Waals surface area contributed by atoms with Crippen LogP contribution in [0.15, 0.2) is 42.5 Å². The van der Waals surface area contributed by atoms with Gasteiger partial charge in [0, 0.05) is 23.4 Å². The molecular formula is C30H40N2O4. The zero-order chi connectivity index (χ0) is 25.4. The molecule has 2 aromatic carbocycles. The van der Waals surface area contributed by atoms with Crippen molar-refractivity contribution in [3.8, 4) is 11.5 Å². The number of hydrogen-bond donors (Lipinski definition) is 3. The number of nitrogens with one attached hydrogen (secondary N) is 1. The van der Waals surface area contributed by atoms with E-state index in [9.17, 15) is 15.0 Å². The number of amides is 1. The quantitative estimate of drug-likeness (QED) is 0.510. The van der Waals surface area contributed by atoms with Crippen molar-refractivity contribution in [2.75, 3.05) is 26.0 Å². The van der Waals surface area contributed by atoms with Gasteiger partial charge in [-0.1, -0.05) is 13.0 Å². The van der Waals surface area contributed by atoms with E-state index in [2.05, 4.69) is 23.2 Å². The second-order valence-corrected chi connectivity index (χ2v) is 11.7. The summed E-state index contributed by atoms with van der Waals surface area (Å²) >= 11 is 0. The number of hydrogen-bond acceptors (Lipinski definition) is 5. The predicted molar refractivity (Wildman–Crippen MR) is 141 cm³/mol. The molecule has 5 rings (SSSR count). The number of benzene rings is 2. The van der Waals surface area contributed by atoms with Crippen molar-refractivity contribution in [1.82, 2.24) is 4.90 Å². The van der Waals surface area contributed by atoms with Crippen molar-refractivity contribution in [3.05, 3.63) is 53.6 Å². The molecular weight excluding hydrogens is 452 g/mol. The molecule has 3 N–H and O–H groups in total. The number of aromatic hydroxyl groups is 1. The maximum Gasteiger partial charge on any atom is 0.224 e. The third-order valence-electron chi connectivity index (χ3n) is 9.05. The highest BCUT2D eigenvalue weighted by Gasteiger charge is 2.58. The van der Waals surface area contributed by atoms with Gasteiger partial charge >= 0.3 is 0 Å². The number of anilines is 1. The Morgan fingerprint density at radius 2 is 1.92 bits per heavy atom. The van der Waals surface area contributed by atoms with E-state index in [1.54, 1.807) is 6.07 Å². The number of aliphatic hydroxyl groups excluding tert-OH is 1. The van der Waals surface area contributed by atoms with Gasteiger partial charge in [0.1, 0.15) is 17.6 Å². The lowest BCUT2D eigenvalue weighted by Crippen LogP contribution is -2.51. The number of aliphatic hydroxyl groups is 1. The number of phenols is 1. The summed E-state index contributed by atoms with van der Waals surface area (Å²) in [6.07, 6.45) is 5.75. The van der Waals surface area contributed by atoms with Crippen LogP contribution in [0.1, 0.15) is 62.5 Å². The molecule has 3 aliphatic carbocycles. The van der Waals surface area contributed by atoms with E-state index < -0.39 is 0 Å². The minimum atomic E-state index is -0.291. The molecule has 194 valence electrons. The predicted octanol–water partition coefficient (Wildman–Crippen LogP) is 4.95. The van der Waals surface area contributed by atoms with Gasteiger partial charge in [-0.25, -0.2) is 0 Å². The molecule has 0 unspecified atom stereocenters. The summed E-state index contributed by atoms with van der Waals surface area (Å²) in [5.74, 6) is 2.32. The summed E-state index contributed by atoms with van der Waals surface area (Å²) in [4.78, 5) is 14.3. The van der Waals surface area contributed by atoms with Crippen LogP contribution in [0.5, 0.6) is 11.5 Å². The molecule has 2 aromatic rings. The van der Waals surface area contributed by atoms with Crippen LogP contribution in [0.3, 0.4) is 0 Å². The normalized spacial score (nSPS) is 30.9. The maximum absolute atomic E-state index is 12.3. The Morgan fingerprint density at radius 3 is 2.67 bits per heavy atom. The van der Waals surface area contributed by atoms with Crippen molar-refractivity contribution in [3.63, 3.8) is 0 Å². The van der Waals surface area contributed by atoms with Gasteiger partial charge in [0.15, 0.2) is 0 Å². The Hall–Kier alpha value is -2.57. The van der Waals surface area contributed by atoms with Gasteiger partial charge in [-0.15, -0.1) is 0 Å². The van der Waals surface area contributed by atoms with Crippen LogP contribution in [-0.2, 0) is 11.2 Å². The molecule has 0 aliphatic heterocycles. The number of rotatable bonds is 7. The van der Waals surface area contributed by atoms with Gasteiger partial charge in [0.05, 0.1) is 6.10 Å². The van der Waals surface area contributed by atoms with Crippen LogP contribution >= 0.6 is 0 Å². The average Bonchev–Trinajstić information content (AvgIpc) is 3.13. The van der Waals surface area contributed by atoms with Crippen LogP contribution in [0, 0.1) is 17.3 Å². The minimum absolute atomic E-state index is 0.0249. The molecule has 0 bridgehead atoms. The monoisotopic (exact) mass is 492 g/mol. The highest BCUT2D eigenvalue weighted by atomic mass is 16.5. The zero-order valence-corrected chi connectivity index (χ0v) is 21.7. The lowest BCUT2D eigenvalue weighted by molar-refractivity contribution is -0.116. The maximum atomic E-state index is 12.3. The summed E-state index contributed by atoms with van der Waals surface area (Å²) < 4.78 is 6.69. The molecule has 0 spiro atoms. The number of phenolic OH excluding ortho intramolecular Hbond substituents is 1. The number of nitrogens with zero attached hydrogens (tertiary/aromatic N) is 1. The first kappa shape index (κ1) is 25.1. The van der Waals surface area contributed by atoms with E-state index in [0.29, 0.717) is 24.0 Å². The second kappa shape index (κ2) is 10.1. The fourth-order valence-corrected chi connectivity index (χ4v) is 7.27. The number of carbonyl (C=O) groups is 1. The number of ether oxygens (including phenoxy) is 1. The first-order chi connectivity index (χ1) is 17.2. The van der Waals surface area contributed by atoms with Crippen molar-refractivity contribution in [1.29, 1.82) is 0 Å². The number of fused-ring (bicyclic) bond motifs is 5. The van der Waals surface area contributed by atoms with E-state index in [1.165, 1.54) is 11.1 Å². The molecule has 36 heavy (non-hydrogen) atoms. The number of aryl methyl sites for hydroxylation is 1. The van der Waals surface area contributed by atoms with Crippen LogP contribution < -0.4 is 10.1 Å². The Balaban J connectivity index is 1.34. The fourth-order valence-electron chi connectivity index (χ4n) is 7.27. The van der Waals surface area contributed by atoms with Gasteiger partial charge in [-0.3, -0.25) is 4.79 Å². The summed E-state index contributed by atoms with van der Waals surface area (Å²) in [5.41, 5.74) is 3.15. The molecule has 2 fully saturated rings. The molecule has 6 heteroatoms. The Kier molecular flexibility index (Phi) is 7.01. The van der Waals surface area contributed by atoms with Crippen molar-refractivity contribution < 1.29 is 19.7 Å². The standard InChI is InChI=1S/C30H40N2O4/c1-30-18-26(36-22-10-7-20(8-11-22)31-28(35)5-4-16-32(2)3)29-23-13-9-21(33)17-19(23)6-12-24(29)25(30)14-15-27(30)34/h7-11,13,17,24-27,29,33-34H,4-6,12,14-16,18H2,1-3H3,(H,31,35)/t24-,25-,26-,27-,29+,30-/m0/s1. The van der Waals surface area contributed by atoms with Gasteiger partial charge in [-0.2, -0.15) is 0 Å². The van der Waals surface area contributed by atoms with Crippen LogP contribution in [0.4, 0.5) is 5.69 Å². The van der Waals surface area contributed by atoms with E-state index in [1.807, 2.05) is 44.4 Å². The zero-order valence-electron chi connectivity index (χ0n) is 21.7. The first-order valence-electron chi connectivity index (χ1n) is 13.5. The van der Waals surface area contributed by atoms with Gasteiger partial charge < -0.3 is 25.2 Å². The largest absolute Gasteiger partial charge is 0.508 e. The highest BCUT2D eigenvalue weighted by Crippen LogP contribution is 2.61. The summed E-state index contributed by atoms with van der Waals surface area (Å²) in [7, 11) is 4.02. The fraction of sp³-hybridized carbons (Fsp3) is 0.567. The molecule has 1 amide bonds. The topological polar surface area (TPSA) is 82.0 Å². The van der Waals surface area contributed by atoms with E-state index >= 15 is 0 Å². The minimum Gasteiger partial charge on any atom is -0.508 e. The molecule has 6 nitrogen and oxygen atoms in total. The first-order valence-corrected chi connectivity index (χ1v) is 13.5. The second-order valence-electron chi connectivity index (χ2n) is 11.7. The number of carbonyl (C=O) groups excluding carboxylic acids is 1. The third-order valence-corrected chi connectivity index (χ3v) is 9.05. The Bertz CT molecular complexity index is 1080. The van der Waals surface area contributed by atoms with Crippen LogP contribution in [0.25, 0.3) is 0 Å². The average molecular weight is 493 g/mol. The van der Waals surface area contributed by atoms with Crippen LogP contribution in [-0.4, -0.2) is 53.9 Å².